The fourth-order valence-electron chi connectivity index (χ4n) is 1.30. The fraction of sp³-hybridized carbons (Fsp3) is 0.222. The lowest BCUT2D eigenvalue weighted by molar-refractivity contribution is 0.622. The molecule has 0 radical (unpaired) electrons. The molecule has 5 heteroatoms. The summed E-state index contributed by atoms with van der Waals surface area (Å²) in [7, 11) is 2.60. The highest BCUT2D eigenvalue weighted by molar-refractivity contribution is 7.14. The SMILES string of the molecule is Nc1ccc(N2CCN(P)C=N2)cc1. The minimum atomic E-state index is 0.780. The van der Waals surface area contributed by atoms with Gasteiger partial charge in [-0.15, -0.1) is 0 Å². The van der Waals surface area contributed by atoms with E-state index in [1.54, 1.807) is 6.34 Å². The first-order valence-corrected chi connectivity index (χ1v) is 4.96. The van der Waals surface area contributed by atoms with Gasteiger partial charge >= 0.3 is 0 Å². The Hall–Kier alpha value is -1.28. The third kappa shape index (κ3) is 1.96. The van der Waals surface area contributed by atoms with Crippen LogP contribution in [0.25, 0.3) is 0 Å². The summed E-state index contributed by atoms with van der Waals surface area (Å²) in [6.45, 7) is 1.85. The topological polar surface area (TPSA) is 44.9 Å². The predicted octanol–water partition coefficient (Wildman–Crippen LogP) is 1.12. The molecule has 1 heterocycles. The Bertz CT molecular complexity index is 335. The summed E-state index contributed by atoms with van der Waals surface area (Å²) in [5.41, 5.74) is 7.47. The van der Waals surface area contributed by atoms with Gasteiger partial charge in [0.25, 0.3) is 0 Å². The van der Waals surface area contributed by atoms with E-state index in [0.29, 0.717) is 0 Å². The summed E-state index contributed by atoms with van der Waals surface area (Å²) in [6.07, 6.45) is 1.80. The summed E-state index contributed by atoms with van der Waals surface area (Å²) < 4.78 is 1.98. The Morgan fingerprint density at radius 3 is 2.50 bits per heavy atom. The van der Waals surface area contributed by atoms with Crippen molar-refractivity contribution in [3.63, 3.8) is 0 Å². The zero-order chi connectivity index (χ0) is 9.97. The van der Waals surface area contributed by atoms with Crippen LogP contribution in [0.1, 0.15) is 0 Å². The Balaban J connectivity index is 2.16. The van der Waals surface area contributed by atoms with E-state index in [1.807, 2.05) is 33.9 Å². The van der Waals surface area contributed by atoms with Gasteiger partial charge in [-0.3, -0.25) is 5.01 Å². The van der Waals surface area contributed by atoms with Crippen molar-refractivity contribution in [3.8, 4) is 0 Å². The largest absolute Gasteiger partial charge is 0.399 e. The number of hydrogen-bond donors (Lipinski definition) is 1. The summed E-state index contributed by atoms with van der Waals surface area (Å²) in [5.74, 6) is 0. The second kappa shape index (κ2) is 3.84. The summed E-state index contributed by atoms with van der Waals surface area (Å²) in [4.78, 5) is 0. The van der Waals surface area contributed by atoms with Gasteiger partial charge in [-0.05, 0) is 33.7 Å². The van der Waals surface area contributed by atoms with E-state index >= 15 is 0 Å². The maximum atomic E-state index is 5.61. The second-order valence-corrected chi connectivity index (χ2v) is 3.85. The van der Waals surface area contributed by atoms with Crippen LogP contribution in [0, 0.1) is 0 Å². The molecule has 0 fully saturated rings. The first-order valence-electron chi connectivity index (χ1n) is 4.44. The van der Waals surface area contributed by atoms with Crippen LogP contribution >= 0.6 is 9.39 Å². The van der Waals surface area contributed by atoms with Gasteiger partial charge in [-0.1, -0.05) is 0 Å². The molecule has 0 aromatic heterocycles. The van der Waals surface area contributed by atoms with E-state index in [-0.39, 0.29) is 0 Å². The quantitative estimate of drug-likeness (QED) is 0.555. The summed E-state index contributed by atoms with van der Waals surface area (Å²) >= 11 is 0. The molecule has 2 N–H and O–H groups in total. The van der Waals surface area contributed by atoms with Crippen molar-refractivity contribution in [1.82, 2.24) is 4.67 Å². The highest BCUT2D eigenvalue weighted by Gasteiger charge is 2.09. The molecule has 1 aromatic carbocycles. The van der Waals surface area contributed by atoms with Gasteiger partial charge in [0.15, 0.2) is 0 Å². The lowest BCUT2D eigenvalue weighted by Gasteiger charge is -2.27. The van der Waals surface area contributed by atoms with Crippen LogP contribution in [0.5, 0.6) is 0 Å². The molecule has 0 amide bonds. The molecule has 4 nitrogen and oxygen atoms in total. The van der Waals surface area contributed by atoms with E-state index in [1.165, 1.54) is 0 Å². The zero-order valence-electron chi connectivity index (χ0n) is 7.80. The molecule has 0 bridgehead atoms. The average molecular weight is 208 g/mol. The molecule has 1 aromatic rings. The smallest absolute Gasteiger partial charge is 0.114 e. The van der Waals surface area contributed by atoms with Gasteiger partial charge in [-0.2, -0.15) is 5.10 Å². The molecule has 14 heavy (non-hydrogen) atoms. The first-order chi connectivity index (χ1) is 6.75. The Morgan fingerprint density at radius 1 is 1.21 bits per heavy atom. The second-order valence-electron chi connectivity index (χ2n) is 3.18. The number of anilines is 2. The van der Waals surface area contributed by atoms with Crippen molar-refractivity contribution in [1.29, 1.82) is 0 Å². The lowest BCUT2D eigenvalue weighted by atomic mass is 10.3. The van der Waals surface area contributed by atoms with E-state index in [0.717, 1.165) is 24.5 Å². The van der Waals surface area contributed by atoms with Crippen LogP contribution in [0.2, 0.25) is 0 Å². The number of rotatable bonds is 1. The average Bonchev–Trinajstić information content (AvgIpc) is 2.21. The van der Waals surface area contributed by atoms with Crippen molar-refractivity contribution < 1.29 is 0 Å². The first kappa shape index (κ1) is 9.28. The molecule has 1 aliphatic rings. The molecular formula is C9H13N4P. The van der Waals surface area contributed by atoms with E-state index in [9.17, 15) is 0 Å². The summed E-state index contributed by atoms with van der Waals surface area (Å²) in [5, 5.41) is 6.24. The van der Waals surface area contributed by atoms with Crippen molar-refractivity contribution in [2.45, 2.75) is 0 Å². The molecule has 74 valence electrons. The van der Waals surface area contributed by atoms with Crippen LogP contribution in [-0.2, 0) is 0 Å². The number of nitrogens with zero attached hydrogens (tertiary/aromatic N) is 3. The highest BCUT2D eigenvalue weighted by atomic mass is 31.0. The molecule has 0 spiro atoms. The van der Waals surface area contributed by atoms with Gasteiger partial charge in [0.2, 0.25) is 0 Å². The number of benzene rings is 1. The van der Waals surface area contributed by atoms with Gasteiger partial charge in [0, 0.05) is 12.2 Å². The number of nitrogen functional groups attached to an aromatic ring is 1. The van der Waals surface area contributed by atoms with Crippen LogP contribution in [-0.4, -0.2) is 24.1 Å². The fourth-order valence-corrected chi connectivity index (χ4v) is 1.47. The van der Waals surface area contributed by atoms with Gasteiger partial charge in [0.05, 0.1) is 12.2 Å². The van der Waals surface area contributed by atoms with Gasteiger partial charge in [-0.25, -0.2) is 0 Å². The van der Waals surface area contributed by atoms with E-state index in [2.05, 4.69) is 14.5 Å². The van der Waals surface area contributed by atoms with Crippen molar-refractivity contribution in [2.75, 3.05) is 23.8 Å². The normalized spacial score (nSPS) is 16.1. The molecule has 1 atom stereocenters. The molecular weight excluding hydrogens is 195 g/mol. The molecule has 0 saturated carbocycles. The van der Waals surface area contributed by atoms with Gasteiger partial charge in [0.1, 0.15) is 6.34 Å². The predicted molar refractivity (Wildman–Crippen MR) is 63.1 cm³/mol. The Labute approximate surface area is 85.6 Å². The number of nitrogens with two attached hydrogens (primary N) is 1. The van der Waals surface area contributed by atoms with E-state index < -0.39 is 0 Å². The van der Waals surface area contributed by atoms with Gasteiger partial charge < -0.3 is 10.4 Å². The van der Waals surface area contributed by atoms with Crippen molar-refractivity contribution in [2.24, 2.45) is 5.10 Å². The molecule has 0 aliphatic carbocycles. The Morgan fingerprint density at radius 2 is 1.93 bits per heavy atom. The van der Waals surface area contributed by atoms with Crippen LogP contribution < -0.4 is 10.7 Å². The van der Waals surface area contributed by atoms with Crippen molar-refractivity contribution >= 4 is 27.1 Å². The maximum Gasteiger partial charge on any atom is 0.114 e. The minimum Gasteiger partial charge on any atom is -0.399 e. The van der Waals surface area contributed by atoms with Crippen LogP contribution in [0.3, 0.4) is 0 Å². The number of hydrogen-bond acceptors (Lipinski definition) is 4. The monoisotopic (exact) mass is 208 g/mol. The minimum absolute atomic E-state index is 0.780. The zero-order valence-corrected chi connectivity index (χ0v) is 8.95. The van der Waals surface area contributed by atoms with E-state index in [4.69, 9.17) is 5.73 Å². The van der Waals surface area contributed by atoms with Crippen LogP contribution in [0.4, 0.5) is 11.4 Å². The van der Waals surface area contributed by atoms with Crippen molar-refractivity contribution in [3.05, 3.63) is 24.3 Å². The standard InChI is InChI=1S/C9H13N4P/c10-8-1-3-9(4-2-8)13-6-5-12(14)7-11-13/h1-4,7H,5-6,10,14H2. The molecule has 1 unspecified atom stereocenters. The molecule has 1 aliphatic heterocycles. The Kier molecular flexibility index (Phi) is 2.55. The third-order valence-corrected chi connectivity index (χ3v) is 2.49. The number of hydrazone groups is 1. The molecule has 2 rings (SSSR count). The highest BCUT2D eigenvalue weighted by Crippen LogP contribution is 2.18. The molecule has 0 saturated heterocycles. The lowest BCUT2D eigenvalue weighted by Crippen LogP contribution is -2.32. The van der Waals surface area contributed by atoms with Crippen LogP contribution in [0.15, 0.2) is 29.4 Å². The summed E-state index contributed by atoms with van der Waals surface area (Å²) in [6, 6.07) is 7.73. The maximum absolute atomic E-state index is 5.61. The third-order valence-electron chi connectivity index (χ3n) is 2.10.